The monoisotopic (exact) mass is 337 g/mol. The van der Waals surface area contributed by atoms with E-state index in [1.165, 1.54) is 58.4 Å². The summed E-state index contributed by atoms with van der Waals surface area (Å²) in [5, 5.41) is 0. The average molecular weight is 338 g/mol. The predicted molar refractivity (Wildman–Crippen MR) is 101 cm³/mol. The second-order valence-corrected chi connectivity index (χ2v) is 9.78. The van der Waals surface area contributed by atoms with Gasteiger partial charge in [0.1, 0.15) is 0 Å². The minimum Gasteiger partial charge on any atom is -0.372 e. The Bertz CT molecular complexity index is 398. The van der Waals surface area contributed by atoms with Gasteiger partial charge in [0, 0.05) is 50.3 Å². The summed E-state index contributed by atoms with van der Waals surface area (Å²) in [5.74, 6) is 0. The average Bonchev–Trinajstić information content (AvgIpc) is 2.85. The quantitative estimate of drug-likeness (QED) is 0.768. The van der Waals surface area contributed by atoms with E-state index in [-0.39, 0.29) is 0 Å². The number of fused-ring (bicyclic) bond motifs is 2. The summed E-state index contributed by atoms with van der Waals surface area (Å²) in [7, 11) is 0. The van der Waals surface area contributed by atoms with Gasteiger partial charge in [-0.05, 0) is 66.8 Å². The zero-order valence-electron chi connectivity index (χ0n) is 16.7. The van der Waals surface area contributed by atoms with Crippen LogP contribution in [-0.4, -0.2) is 83.8 Å². The highest BCUT2D eigenvalue weighted by atomic mass is 16.5. The number of morpholine rings is 1. The largest absolute Gasteiger partial charge is 0.372 e. The van der Waals surface area contributed by atoms with E-state index in [0.29, 0.717) is 23.3 Å². The Kier molecular flexibility index (Phi) is 5.60. The van der Waals surface area contributed by atoms with Gasteiger partial charge in [0.25, 0.3) is 0 Å². The Morgan fingerprint density at radius 2 is 1.42 bits per heavy atom. The van der Waals surface area contributed by atoms with Crippen LogP contribution in [0.4, 0.5) is 0 Å². The van der Waals surface area contributed by atoms with E-state index in [2.05, 4.69) is 49.3 Å². The second kappa shape index (κ2) is 7.22. The molecule has 4 heteroatoms. The Hall–Kier alpha value is -0.160. The smallest absolute Gasteiger partial charge is 0.0707 e. The van der Waals surface area contributed by atoms with Gasteiger partial charge >= 0.3 is 0 Å². The molecule has 140 valence electrons. The van der Waals surface area contributed by atoms with E-state index in [9.17, 15) is 0 Å². The van der Waals surface area contributed by atoms with Crippen LogP contribution in [0.5, 0.6) is 0 Å². The summed E-state index contributed by atoms with van der Waals surface area (Å²) < 4.78 is 6.01. The van der Waals surface area contributed by atoms with Crippen LogP contribution < -0.4 is 0 Å². The van der Waals surface area contributed by atoms with Crippen LogP contribution in [0.1, 0.15) is 60.3 Å². The molecule has 0 radical (unpaired) electrons. The first kappa shape index (κ1) is 18.6. The van der Waals surface area contributed by atoms with E-state index >= 15 is 0 Å². The maximum Gasteiger partial charge on any atom is 0.0707 e. The first-order valence-electron chi connectivity index (χ1n) is 10.1. The Labute approximate surface area is 149 Å². The summed E-state index contributed by atoms with van der Waals surface area (Å²) in [5.41, 5.74) is 0.640. The number of rotatable bonds is 5. The Balaban J connectivity index is 1.38. The van der Waals surface area contributed by atoms with Crippen molar-refractivity contribution in [2.45, 2.75) is 83.6 Å². The molecule has 24 heavy (non-hydrogen) atoms. The predicted octanol–water partition coefficient (Wildman–Crippen LogP) is 2.82. The molecular weight excluding hydrogens is 298 g/mol. The molecule has 0 aromatic carbocycles. The third-order valence-electron chi connectivity index (χ3n) is 6.48. The van der Waals surface area contributed by atoms with Crippen molar-refractivity contribution in [3.8, 4) is 0 Å². The summed E-state index contributed by atoms with van der Waals surface area (Å²) >= 11 is 0. The van der Waals surface area contributed by atoms with Crippen molar-refractivity contribution in [2.75, 3.05) is 45.8 Å². The molecule has 0 saturated carbocycles. The van der Waals surface area contributed by atoms with Crippen LogP contribution in [0.2, 0.25) is 0 Å². The number of hydrogen-bond acceptors (Lipinski definition) is 4. The molecular formula is C20H39N3O. The number of hydrogen-bond donors (Lipinski definition) is 0. The van der Waals surface area contributed by atoms with Crippen LogP contribution in [0.3, 0.4) is 0 Å². The van der Waals surface area contributed by atoms with Crippen molar-refractivity contribution in [1.82, 2.24) is 14.7 Å². The van der Waals surface area contributed by atoms with Crippen LogP contribution in [0.25, 0.3) is 0 Å². The molecule has 2 bridgehead atoms. The molecule has 0 aromatic rings. The fourth-order valence-corrected chi connectivity index (χ4v) is 4.64. The summed E-state index contributed by atoms with van der Waals surface area (Å²) in [6, 6.07) is 0. The van der Waals surface area contributed by atoms with Crippen molar-refractivity contribution < 1.29 is 4.74 Å². The Morgan fingerprint density at radius 3 is 1.96 bits per heavy atom. The standard InChI is InChI=1S/C20H39N3O/c1-19(2,3)22-13-11-21(12-14-22)10-6-9-20(4,5)23-15-17-7-8-18(16-23)24-17/h17-18H,6-16H2,1-5H3. The lowest BCUT2D eigenvalue weighted by Crippen LogP contribution is -2.54. The lowest BCUT2D eigenvalue weighted by molar-refractivity contribution is -0.0731. The lowest BCUT2D eigenvalue weighted by Gasteiger charge is -2.44. The summed E-state index contributed by atoms with van der Waals surface area (Å²) in [6.45, 7) is 20.4. The SMILES string of the molecule is CC(C)(C)N1CCN(CCCC(C)(C)N2CC3CCC(C2)O3)CC1. The number of ether oxygens (including phenoxy) is 1. The highest BCUT2D eigenvalue weighted by Crippen LogP contribution is 2.32. The molecule has 0 aliphatic carbocycles. The minimum atomic E-state index is 0.317. The molecule has 2 atom stereocenters. The van der Waals surface area contributed by atoms with Gasteiger partial charge in [0.15, 0.2) is 0 Å². The van der Waals surface area contributed by atoms with E-state index < -0.39 is 0 Å². The van der Waals surface area contributed by atoms with Crippen LogP contribution in [0.15, 0.2) is 0 Å². The van der Waals surface area contributed by atoms with Crippen LogP contribution in [0, 0.1) is 0 Å². The lowest BCUT2D eigenvalue weighted by atomic mass is 9.94. The van der Waals surface area contributed by atoms with Gasteiger partial charge in [0.05, 0.1) is 12.2 Å². The zero-order chi connectivity index (χ0) is 17.4. The van der Waals surface area contributed by atoms with Gasteiger partial charge in [-0.1, -0.05) is 0 Å². The van der Waals surface area contributed by atoms with E-state index in [4.69, 9.17) is 4.74 Å². The highest BCUT2D eigenvalue weighted by Gasteiger charge is 2.39. The van der Waals surface area contributed by atoms with Crippen molar-refractivity contribution in [1.29, 1.82) is 0 Å². The van der Waals surface area contributed by atoms with Crippen molar-refractivity contribution in [3.63, 3.8) is 0 Å². The van der Waals surface area contributed by atoms with E-state index in [1.807, 2.05) is 0 Å². The molecule has 3 rings (SSSR count). The molecule has 3 aliphatic heterocycles. The van der Waals surface area contributed by atoms with Crippen molar-refractivity contribution >= 4 is 0 Å². The normalized spacial score (nSPS) is 30.9. The molecule has 0 N–H and O–H groups in total. The maximum absolute atomic E-state index is 6.01. The van der Waals surface area contributed by atoms with Crippen LogP contribution >= 0.6 is 0 Å². The van der Waals surface area contributed by atoms with Gasteiger partial charge < -0.3 is 9.64 Å². The molecule has 3 fully saturated rings. The first-order chi connectivity index (χ1) is 11.2. The fraction of sp³-hybridized carbons (Fsp3) is 1.00. The van der Waals surface area contributed by atoms with Crippen molar-refractivity contribution in [2.24, 2.45) is 0 Å². The van der Waals surface area contributed by atoms with Crippen LogP contribution in [-0.2, 0) is 4.74 Å². The molecule has 3 saturated heterocycles. The van der Waals surface area contributed by atoms with E-state index in [1.54, 1.807) is 0 Å². The first-order valence-corrected chi connectivity index (χ1v) is 10.1. The second-order valence-electron chi connectivity index (χ2n) is 9.78. The molecule has 2 unspecified atom stereocenters. The van der Waals surface area contributed by atoms with Gasteiger partial charge in [-0.2, -0.15) is 0 Å². The van der Waals surface area contributed by atoms with Gasteiger partial charge in [-0.15, -0.1) is 0 Å². The molecule has 3 heterocycles. The minimum absolute atomic E-state index is 0.317. The van der Waals surface area contributed by atoms with Gasteiger partial charge in [-0.25, -0.2) is 0 Å². The highest BCUT2D eigenvalue weighted by molar-refractivity contribution is 4.92. The maximum atomic E-state index is 6.01. The topological polar surface area (TPSA) is 19.0 Å². The fourth-order valence-electron chi connectivity index (χ4n) is 4.64. The number of likely N-dealkylation sites (tertiary alicyclic amines) is 1. The molecule has 0 spiro atoms. The number of nitrogens with zero attached hydrogens (tertiary/aromatic N) is 3. The van der Waals surface area contributed by atoms with Gasteiger partial charge in [-0.3, -0.25) is 9.80 Å². The van der Waals surface area contributed by atoms with E-state index in [0.717, 1.165) is 13.1 Å². The molecule has 4 nitrogen and oxygen atoms in total. The van der Waals surface area contributed by atoms with Crippen molar-refractivity contribution in [3.05, 3.63) is 0 Å². The Morgan fingerprint density at radius 1 is 0.833 bits per heavy atom. The molecule has 3 aliphatic rings. The molecule has 0 amide bonds. The van der Waals surface area contributed by atoms with Gasteiger partial charge in [0.2, 0.25) is 0 Å². The third-order valence-corrected chi connectivity index (χ3v) is 6.48. The third kappa shape index (κ3) is 4.51. The molecule has 0 aromatic heterocycles. The number of piperazine rings is 1. The summed E-state index contributed by atoms with van der Waals surface area (Å²) in [6.07, 6.45) is 6.17. The zero-order valence-corrected chi connectivity index (χ0v) is 16.7. The summed E-state index contributed by atoms with van der Waals surface area (Å²) in [4.78, 5) is 7.99.